The first-order valence-electron chi connectivity index (χ1n) is 7.72. The third-order valence-corrected chi connectivity index (χ3v) is 3.82. The molecule has 0 unspecified atom stereocenters. The number of rotatable bonds is 6. The quantitative estimate of drug-likeness (QED) is 0.872. The fourth-order valence-corrected chi connectivity index (χ4v) is 2.51. The predicted octanol–water partition coefficient (Wildman–Crippen LogP) is 3.71. The standard InChI is InChI=1S/C17H27N3/c1-12(2)8-10-20-16-6-5-14(13(3)4)11-15(16)19-17(20)7-9-18/h5-6,11-13H,7-10,18H2,1-4H3. The topological polar surface area (TPSA) is 43.8 Å². The van der Waals surface area contributed by atoms with Gasteiger partial charge in [-0.25, -0.2) is 4.98 Å². The zero-order valence-electron chi connectivity index (χ0n) is 13.2. The van der Waals surface area contributed by atoms with Gasteiger partial charge < -0.3 is 10.3 Å². The smallest absolute Gasteiger partial charge is 0.111 e. The number of imidazole rings is 1. The highest BCUT2D eigenvalue weighted by atomic mass is 15.1. The molecule has 1 aromatic heterocycles. The Labute approximate surface area is 122 Å². The average Bonchev–Trinajstić information content (AvgIpc) is 2.73. The molecular weight excluding hydrogens is 246 g/mol. The molecule has 1 aromatic carbocycles. The summed E-state index contributed by atoms with van der Waals surface area (Å²) in [4.78, 5) is 4.81. The highest BCUT2D eigenvalue weighted by Crippen LogP contribution is 2.23. The van der Waals surface area contributed by atoms with Crippen LogP contribution in [0.25, 0.3) is 11.0 Å². The van der Waals surface area contributed by atoms with Crippen LogP contribution < -0.4 is 5.73 Å². The Balaban J connectivity index is 2.43. The van der Waals surface area contributed by atoms with Gasteiger partial charge in [-0.2, -0.15) is 0 Å². The van der Waals surface area contributed by atoms with Gasteiger partial charge in [0.05, 0.1) is 11.0 Å². The Kier molecular flexibility index (Phi) is 4.81. The maximum absolute atomic E-state index is 5.73. The summed E-state index contributed by atoms with van der Waals surface area (Å²) in [5.74, 6) is 2.37. The molecule has 2 rings (SSSR count). The molecule has 0 amide bonds. The predicted molar refractivity (Wildman–Crippen MR) is 86.0 cm³/mol. The van der Waals surface area contributed by atoms with E-state index in [4.69, 9.17) is 10.7 Å². The molecule has 0 radical (unpaired) electrons. The van der Waals surface area contributed by atoms with Crippen LogP contribution in [0.5, 0.6) is 0 Å². The van der Waals surface area contributed by atoms with Crippen LogP contribution in [0.3, 0.4) is 0 Å². The minimum atomic E-state index is 0.540. The third kappa shape index (κ3) is 3.21. The van der Waals surface area contributed by atoms with Crippen molar-refractivity contribution in [3.63, 3.8) is 0 Å². The first-order chi connectivity index (χ1) is 9.52. The fraction of sp³-hybridized carbons (Fsp3) is 0.588. The Morgan fingerprint density at radius 2 is 1.95 bits per heavy atom. The first kappa shape index (κ1) is 15.0. The van der Waals surface area contributed by atoms with Crippen LogP contribution in [-0.4, -0.2) is 16.1 Å². The van der Waals surface area contributed by atoms with E-state index in [2.05, 4.69) is 50.5 Å². The van der Waals surface area contributed by atoms with Gasteiger partial charge in [0.15, 0.2) is 0 Å². The Hall–Kier alpha value is -1.35. The zero-order valence-corrected chi connectivity index (χ0v) is 13.2. The van der Waals surface area contributed by atoms with E-state index in [0.29, 0.717) is 18.4 Å². The number of hydrogen-bond acceptors (Lipinski definition) is 2. The van der Waals surface area contributed by atoms with Crippen molar-refractivity contribution < 1.29 is 0 Å². The van der Waals surface area contributed by atoms with Crippen molar-refractivity contribution in [2.24, 2.45) is 11.7 Å². The summed E-state index contributed by atoms with van der Waals surface area (Å²) >= 11 is 0. The average molecular weight is 273 g/mol. The van der Waals surface area contributed by atoms with Crippen LogP contribution in [0.2, 0.25) is 0 Å². The van der Waals surface area contributed by atoms with Crippen LogP contribution in [0.15, 0.2) is 18.2 Å². The number of aryl methyl sites for hydroxylation is 1. The largest absolute Gasteiger partial charge is 0.330 e. The lowest BCUT2D eigenvalue weighted by Gasteiger charge is -2.11. The summed E-state index contributed by atoms with van der Waals surface area (Å²) in [5.41, 5.74) is 9.45. The normalized spacial score (nSPS) is 11.9. The molecular formula is C17H27N3. The number of hydrogen-bond donors (Lipinski definition) is 1. The molecule has 1 heterocycles. The van der Waals surface area contributed by atoms with E-state index in [1.54, 1.807) is 0 Å². The molecule has 0 spiro atoms. The maximum atomic E-state index is 5.73. The van der Waals surface area contributed by atoms with E-state index >= 15 is 0 Å². The van der Waals surface area contributed by atoms with Gasteiger partial charge in [0.1, 0.15) is 5.82 Å². The van der Waals surface area contributed by atoms with E-state index in [-0.39, 0.29) is 0 Å². The minimum Gasteiger partial charge on any atom is -0.330 e. The molecule has 0 saturated heterocycles. The maximum Gasteiger partial charge on any atom is 0.111 e. The molecule has 0 aliphatic heterocycles. The summed E-state index contributed by atoms with van der Waals surface area (Å²) < 4.78 is 2.35. The van der Waals surface area contributed by atoms with Gasteiger partial charge in [-0.1, -0.05) is 33.8 Å². The Bertz CT molecular complexity index is 567. The van der Waals surface area contributed by atoms with Gasteiger partial charge >= 0.3 is 0 Å². The van der Waals surface area contributed by atoms with Gasteiger partial charge in [-0.15, -0.1) is 0 Å². The number of nitrogens with zero attached hydrogens (tertiary/aromatic N) is 2. The van der Waals surface area contributed by atoms with Crippen molar-refractivity contribution in [3.8, 4) is 0 Å². The van der Waals surface area contributed by atoms with E-state index in [1.165, 1.54) is 17.5 Å². The van der Waals surface area contributed by atoms with Gasteiger partial charge in [-0.05, 0) is 42.5 Å². The highest BCUT2D eigenvalue weighted by molar-refractivity contribution is 5.77. The number of nitrogens with two attached hydrogens (primary N) is 1. The second-order valence-electron chi connectivity index (χ2n) is 6.30. The number of benzene rings is 1. The van der Waals surface area contributed by atoms with Crippen molar-refractivity contribution in [3.05, 3.63) is 29.6 Å². The molecule has 2 N–H and O–H groups in total. The Morgan fingerprint density at radius 1 is 1.20 bits per heavy atom. The summed E-state index contributed by atoms with van der Waals surface area (Å²) in [6, 6.07) is 6.68. The second-order valence-corrected chi connectivity index (χ2v) is 6.30. The molecule has 0 aliphatic carbocycles. The third-order valence-electron chi connectivity index (χ3n) is 3.82. The van der Waals surface area contributed by atoms with Crippen LogP contribution in [0, 0.1) is 5.92 Å². The van der Waals surface area contributed by atoms with E-state index in [9.17, 15) is 0 Å². The van der Waals surface area contributed by atoms with Crippen molar-refractivity contribution in [2.45, 2.75) is 53.0 Å². The van der Waals surface area contributed by atoms with Gasteiger partial charge in [0.25, 0.3) is 0 Å². The molecule has 110 valence electrons. The molecule has 0 aliphatic rings. The molecule has 0 bridgehead atoms. The fourth-order valence-electron chi connectivity index (χ4n) is 2.51. The molecule has 0 saturated carbocycles. The van der Waals surface area contributed by atoms with E-state index in [1.807, 2.05) is 0 Å². The van der Waals surface area contributed by atoms with Gasteiger partial charge in [-0.3, -0.25) is 0 Å². The molecule has 3 nitrogen and oxygen atoms in total. The van der Waals surface area contributed by atoms with Gasteiger partial charge in [0.2, 0.25) is 0 Å². The van der Waals surface area contributed by atoms with E-state index < -0.39 is 0 Å². The van der Waals surface area contributed by atoms with E-state index in [0.717, 1.165) is 24.3 Å². The summed E-state index contributed by atoms with van der Waals surface area (Å²) in [6.07, 6.45) is 2.03. The highest BCUT2D eigenvalue weighted by Gasteiger charge is 2.12. The molecule has 2 aromatic rings. The lowest BCUT2D eigenvalue weighted by atomic mass is 10.0. The lowest BCUT2D eigenvalue weighted by Crippen LogP contribution is -2.11. The molecule has 0 atom stereocenters. The van der Waals surface area contributed by atoms with Crippen LogP contribution in [-0.2, 0) is 13.0 Å². The van der Waals surface area contributed by atoms with Crippen LogP contribution >= 0.6 is 0 Å². The first-order valence-corrected chi connectivity index (χ1v) is 7.72. The van der Waals surface area contributed by atoms with Crippen molar-refractivity contribution in [1.82, 2.24) is 9.55 Å². The second kappa shape index (κ2) is 6.40. The van der Waals surface area contributed by atoms with Crippen molar-refractivity contribution in [2.75, 3.05) is 6.54 Å². The van der Waals surface area contributed by atoms with Crippen LogP contribution in [0.4, 0.5) is 0 Å². The molecule has 20 heavy (non-hydrogen) atoms. The zero-order chi connectivity index (χ0) is 14.7. The SMILES string of the molecule is CC(C)CCn1c(CCN)nc2cc(C(C)C)ccc21. The van der Waals surface area contributed by atoms with Crippen LogP contribution in [0.1, 0.15) is 51.4 Å². The number of aromatic nitrogens is 2. The summed E-state index contributed by atoms with van der Waals surface area (Å²) in [7, 11) is 0. The van der Waals surface area contributed by atoms with Gasteiger partial charge in [0, 0.05) is 13.0 Å². The molecule has 0 fully saturated rings. The minimum absolute atomic E-state index is 0.540. The molecule has 3 heteroatoms. The Morgan fingerprint density at radius 3 is 2.55 bits per heavy atom. The monoisotopic (exact) mass is 273 g/mol. The summed E-state index contributed by atoms with van der Waals surface area (Å²) in [6.45, 7) is 10.7. The van der Waals surface area contributed by atoms with Crippen molar-refractivity contribution in [1.29, 1.82) is 0 Å². The van der Waals surface area contributed by atoms with Crippen molar-refractivity contribution >= 4 is 11.0 Å². The summed E-state index contributed by atoms with van der Waals surface area (Å²) in [5, 5.41) is 0. The number of fused-ring (bicyclic) bond motifs is 1. The lowest BCUT2D eigenvalue weighted by molar-refractivity contribution is 0.512.